The quantitative estimate of drug-likeness (QED) is 0.754. The molecule has 0 radical (unpaired) electrons. The van der Waals surface area contributed by atoms with Crippen molar-refractivity contribution in [1.82, 2.24) is 19.7 Å². The minimum atomic E-state index is 0.648. The Balaban J connectivity index is 1.78. The maximum Gasteiger partial charge on any atom is 0.229 e. The molecule has 6 heteroatoms. The number of rotatable bonds is 3. The van der Waals surface area contributed by atoms with Gasteiger partial charge in [-0.25, -0.2) is 0 Å². The number of anilines is 3. The van der Waals surface area contributed by atoms with Crippen molar-refractivity contribution in [2.75, 3.05) is 23.3 Å². The highest BCUT2D eigenvalue weighted by molar-refractivity contribution is 5.89. The number of piperidine rings is 1. The van der Waals surface area contributed by atoms with Crippen LogP contribution in [0.1, 0.15) is 31.4 Å². The van der Waals surface area contributed by atoms with E-state index in [9.17, 15) is 0 Å². The number of hydrogen-bond acceptors (Lipinski definition) is 5. The summed E-state index contributed by atoms with van der Waals surface area (Å²) in [6.07, 6.45) is 3.10. The number of benzene rings is 1. The molecular formula is C21H28N6. The second-order valence-corrected chi connectivity index (χ2v) is 8.17. The molecule has 6 nitrogen and oxygen atoms in total. The number of aryl methyl sites for hydroxylation is 3. The fraction of sp³-hybridized carbons (Fsp3) is 0.476. The van der Waals surface area contributed by atoms with Crippen molar-refractivity contribution < 1.29 is 0 Å². The normalized spacial score (nSPS) is 20.3. The number of fused-ring (bicyclic) bond motifs is 1. The van der Waals surface area contributed by atoms with Crippen molar-refractivity contribution in [3.05, 3.63) is 35.5 Å². The second-order valence-electron chi connectivity index (χ2n) is 8.17. The van der Waals surface area contributed by atoms with Gasteiger partial charge in [0.15, 0.2) is 5.65 Å². The third-order valence-corrected chi connectivity index (χ3v) is 5.38. The Morgan fingerprint density at radius 3 is 2.56 bits per heavy atom. The van der Waals surface area contributed by atoms with Gasteiger partial charge in [-0.2, -0.15) is 15.1 Å². The fourth-order valence-corrected chi connectivity index (χ4v) is 4.07. The average molecular weight is 364 g/mol. The standard InChI is InChI=1S/C21H28N6/c1-13-6-7-16(4)18(9-13)23-19-17-10-22-26(5)20(17)25-21(24-19)27-11-14(2)8-15(3)12-27/h6-7,9-10,14-15H,8,11-12H2,1-5H3,(H,23,24,25)/t14-,15-/m0/s1. The lowest BCUT2D eigenvalue weighted by Crippen LogP contribution is -2.39. The molecule has 3 aromatic rings. The first kappa shape index (κ1) is 17.8. The molecule has 1 fully saturated rings. The molecule has 4 rings (SSSR count). The van der Waals surface area contributed by atoms with E-state index in [1.165, 1.54) is 17.5 Å². The molecule has 27 heavy (non-hydrogen) atoms. The number of nitrogens with zero attached hydrogens (tertiary/aromatic N) is 5. The monoisotopic (exact) mass is 364 g/mol. The van der Waals surface area contributed by atoms with E-state index in [-0.39, 0.29) is 0 Å². The van der Waals surface area contributed by atoms with E-state index >= 15 is 0 Å². The Morgan fingerprint density at radius 1 is 1.07 bits per heavy atom. The molecule has 2 aromatic heterocycles. The Kier molecular flexibility index (Phi) is 4.50. The zero-order valence-corrected chi connectivity index (χ0v) is 16.8. The summed E-state index contributed by atoms with van der Waals surface area (Å²) in [7, 11) is 1.93. The average Bonchev–Trinajstić information content (AvgIpc) is 2.99. The summed E-state index contributed by atoms with van der Waals surface area (Å²) in [5, 5.41) is 8.89. The maximum atomic E-state index is 4.92. The number of hydrogen-bond donors (Lipinski definition) is 1. The van der Waals surface area contributed by atoms with Crippen LogP contribution in [0.3, 0.4) is 0 Å². The smallest absolute Gasteiger partial charge is 0.229 e. The van der Waals surface area contributed by atoms with Gasteiger partial charge in [0, 0.05) is 25.8 Å². The lowest BCUT2D eigenvalue weighted by atomic mass is 9.92. The van der Waals surface area contributed by atoms with Gasteiger partial charge in [-0.3, -0.25) is 4.68 Å². The van der Waals surface area contributed by atoms with Crippen LogP contribution in [0.4, 0.5) is 17.5 Å². The summed E-state index contributed by atoms with van der Waals surface area (Å²) < 4.78 is 1.82. The van der Waals surface area contributed by atoms with E-state index in [2.05, 4.69) is 61.2 Å². The molecule has 1 N–H and O–H groups in total. The Hall–Kier alpha value is -2.63. The van der Waals surface area contributed by atoms with Crippen LogP contribution in [0.25, 0.3) is 11.0 Å². The predicted molar refractivity (Wildman–Crippen MR) is 111 cm³/mol. The van der Waals surface area contributed by atoms with Crippen molar-refractivity contribution in [2.24, 2.45) is 18.9 Å². The molecular weight excluding hydrogens is 336 g/mol. The van der Waals surface area contributed by atoms with Crippen molar-refractivity contribution in [3.63, 3.8) is 0 Å². The molecule has 1 aliphatic rings. The molecule has 3 heterocycles. The largest absolute Gasteiger partial charge is 0.340 e. The van der Waals surface area contributed by atoms with Crippen LogP contribution in [-0.2, 0) is 7.05 Å². The fourth-order valence-electron chi connectivity index (χ4n) is 4.07. The molecule has 1 aliphatic heterocycles. The second kappa shape index (κ2) is 6.83. The van der Waals surface area contributed by atoms with Crippen LogP contribution < -0.4 is 10.2 Å². The van der Waals surface area contributed by atoms with Gasteiger partial charge in [-0.1, -0.05) is 26.0 Å². The van der Waals surface area contributed by atoms with E-state index in [4.69, 9.17) is 9.97 Å². The van der Waals surface area contributed by atoms with E-state index in [1.807, 2.05) is 17.9 Å². The molecule has 0 saturated carbocycles. The van der Waals surface area contributed by atoms with Crippen LogP contribution >= 0.6 is 0 Å². The van der Waals surface area contributed by atoms with Gasteiger partial charge in [-0.15, -0.1) is 0 Å². The minimum absolute atomic E-state index is 0.648. The summed E-state index contributed by atoms with van der Waals surface area (Å²) in [5.41, 5.74) is 4.35. The third-order valence-electron chi connectivity index (χ3n) is 5.38. The zero-order chi connectivity index (χ0) is 19.1. The summed E-state index contributed by atoms with van der Waals surface area (Å²) in [4.78, 5) is 12.1. The highest BCUT2D eigenvalue weighted by Gasteiger charge is 2.25. The van der Waals surface area contributed by atoms with Gasteiger partial charge < -0.3 is 10.2 Å². The first-order chi connectivity index (χ1) is 12.9. The van der Waals surface area contributed by atoms with Gasteiger partial charge in [0.05, 0.1) is 11.6 Å². The van der Waals surface area contributed by atoms with Gasteiger partial charge in [0.2, 0.25) is 5.95 Å². The molecule has 1 saturated heterocycles. The van der Waals surface area contributed by atoms with E-state index in [0.717, 1.165) is 41.6 Å². The molecule has 0 spiro atoms. The topological polar surface area (TPSA) is 58.9 Å². The van der Waals surface area contributed by atoms with Gasteiger partial charge in [0.1, 0.15) is 5.82 Å². The van der Waals surface area contributed by atoms with Crippen molar-refractivity contribution in [3.8, 4) is 0 Å². The van der Waals surface area contributed by atoms with Crippen molar-refractivity contribution in [1.29, 1.82) is 0 Å². The summed E-state index contributed by atoms with van der Waals surface area (Å²) >= 11 is 0. The third kappa shape index (κ3) is 3.48. The highest BCUT2D eigenvalue weighted by atomic mass is 15.3. The first-order valence-corrected chi connectivity index (χ1v) is 9.69. The SMILES string of the molecule is Cc1ccc(C)c(Nc2nc(N3C[C@@H](C)C[C@H](C)C3)nc3c2cnn3C)c1. The van der Waals surface area contributed by atoms with Crippen LogP contribution in [0.15, 0.2) is 24.4 Å². The molecule has 0 bridgehead atoms. The van der Waals surface area contributed by atoms with E-state index in [0.29, 0.717) is 11.8 Å². The van der Waals surface area contributed by atoms with Crippen molar-refractivity contribution in [2.45, 2.75) is 34.1 Å². The lowest BCUT2D eigenvalue weighted by molar-refractivity contribution is 0.354. The zero-order valence-electron chi connectivity index (χ0n) is 16.8. The molecule has 0 aliphatic carbocycles. The van der Waals surface area contributed by atoms with Crippen LogP contribution in [-0.4, -0.2) is 32.8 Å². The van der Waals surface area contributed by atoms with Crippen LogP contribution in [0, 0.1) is 25.7 Å². The van der Waals surface area contributed by atoms with Crippen molar-refractivity contribution >= 4 is 28.5 Å². The molecule has 2 atom stereocenters. The summed E-state index contributed by atoms with van der Waals surface area (Å²) in [5.74, 6) is 2.91. The Labute approximate surface area is 160 Å². The molecule has 0 unspecified atom stereocenters. The molecule has 1 aromatic carbocycles. The lowest BCUT2D eigenvalue weighted by Gasteiger charge is -2.35. The number of aromatic nitrogens is 4. The predicted octanol–water partition coefficient (Wildman–Crippen LogP) is 4.21. The minimum Gasteiger partial charge on any atom is -0.340 e. The van der Waals surface area contributed by atoms with Crippen LogP contribution in [0.5, 0.6) is 0 Å². The first-order valence-electron chi connectivity index (χ1n) is 9.69. The summed E-state index contributed by atoms with van der Waals surface area (Å²) in [6, 6.07) is 6.42. The highest BCUT2D eigenvalue weighted by Crippen LogP contribution is 2.30. The van der Waals surface area contributed by atoms with E-state index in [1.54, 1.807) is 0 Å². The molecule has 142 valence electrons. The van der Waals surface area contributed by atoms with Gasteiger partial charge >= 0.3 is 0 Å². The van der Waals surface area contributed by atoms with Gasteiger partial charge in [0.25, 0.3) is 0 Å². The molecule has 0 amide bonds. The van der Waals surface area contributed by atoms with E-state index < -0.39 is 0 Å². The maximum absolute atomic E-state index is 4.92. The number of nitrogens with one attached hydrogen (secondary N) is 1. The Bertz CT molecular complexity index is 966. The van der Waals surface area contributed by atoms with Gasteiger partial charge in [-0.05, 0) is 49.3 Å². The summed E-state index contributed by atoms with van der Waals surface area (Å²) in [6.45, 7) is 10.8. The van der Waals surface area contributed by atoms with Crippen LogP contribution in [0.2, 0.25) is 0 Å². The Morgan fingerprint density at radius 2 is 1.81 bits per heavy atom.